The molecule has 0 aliphatic rings. The number of anilines is 1. The third-order valence-corrected chi connectivity index (χ3v) is 2.43. The van der Waals surface area contributed by atoms with Gasteiger partial charge in [0, 0.05) is 12.3 Å². The Bertz CT molecular complexity index is 527. The molecular weight excluding hydrogens is 216 g/mol. The number of aryl methyl sites for hydroxylation is 1. The van der Waals surface area contributed by atoms with Crippen LogP contribution in [-0.4, -0.2) is 12.1 Å². The minimum atomic E-state index is 0.508. The monoisotopic (exact) mass is 230 g/mol. The van der Waals surface area contributed by atoms with Gasteiger partial charge < -0.3 is 15.2 Å². The number of pyridine rings is 1. The lowest BCUT2D eigenvalue weighted by Crippen LogP contribution is -1.95. The molecule has 0 spiro atoms. The van der Waals surface area contributed by atoms with Crippen molar-refractivity contribution in [1.29, 1.82) is 0 Å². The number of nitrogen functional groups attached to an aromatic ring is 1. The van der Waals surface area contributed by atoms with Crippen molar-refractivity contribution in [1.82, 2.24) is 4.98 Å². The molecular formula is C13H14N2O2. The van der Waals surface area contributed by atoms with E-state index in [0.29, 0.717) is 23.1 Å². The van der Waals surface area contributed by atoms with E-state index >= 15 is 0 Å². The standard InChI is InChI=1S/C13H14N2O2/c1-9-4-3-5-11(13(9)14)17-10-6-7-15-12(8-10)16-2/h3-8H,14H2,1-2H3. The number of methoxy groups -OCH3 is 1. The third kappa shape index (κ3) is 2.47. The Morgan fingerprint density at radius 2 is 2.06 bits per heavy atom. The maximum atomic E-state index is 5.93. The molecule has 0 saturated carbocycles. The summed E-state index contributed by atoms with van der Waals surface area (Å²) in [6.45, 7) is 1.94. The van der Waals surface area contributed by atoms with Crippen LogP contribution in [0.4, 0.5) is 5.69 Å². The molecule has 1 aromatic carbocycles. The van der Waals surface area contributed by atoms with Crippen LogP contribution in [-0.2, 0) is 0 Å². The minimum absolute atomic E-state index is 0.508. The Hall–Kier alpha value is -2.23. The van der Waals surface area contributed by atoms with E-state index in [-0.39, 0.29) is 0 Å². The summed E-state index contributed by atoms with van der Waals surface area (Å²) in [6, 6.07) is 9.13. The first kappa shape index (κ1) is 11.3. The van der Waals surface area contributed by atoms with Gasteiger partial charge in [0.15, 0.2) is 5.75 Å². The van der Waals surface area contributed by atoms with Gasteiger partial charge in [0.05, 0.1) is 12.8 Å². The van der Waals surface area contributed by atoms with E-state index in [9.17, 15) is 0 Å². The molecule has 0 aliphatic carbocycles. The molecule has 1 aromatic heterocycles. The van der Waals surface area contributed by atoms with Gasteiger partial charge in [-0.25, -0.2) is 4.98 Å². The summed E-state index contributed by atoms with van der Waals surface area (Å²) in [5, 5.41) is 0. The zero-order valence-corrected chi connectivity index (χ0v) is 9.81. The number of nitrogens with zero attached hydrogens (tertiary/aromatic N) is 1. The number of aromatic nitrogens is 1. The molecule has 2 N–H and O–H groups in total. The number of benzene rings is 1. The fraction of sp³-hybridized carbons (Fsp3) is 0.154. The van der Waals surface area contributed by atoms with E-state index in [1.54, 1.807) is 25.4 Å². The zero-order chi connectivity index (χ0) is 12.3. The predicted octanol–water partition coefficient (Wildman–Crippen LogP) is 2.77. The molecule has 17 heavy (non-hydrogen) atoms. The topological polar surface area (TPSA) is 57.4 Å². The maximum Gasteiger partial charge on any atom is 0.216 e. The Kier molecular flexibility index (Phi) is 3.14. The van der Waals surface area contributed by atoms with Crippen molar-refractivity contribution in [2.24, 2.45) is 0 Å². The van der Waals surface area contributed by atoms with Crippen molar-refractivity contribution in [3.8, 4) is 17.4 Å². The summed E-state index contributed by atoms with van der Waals surface area (Å²) < 4.78 is 10.7. The van der Waals surface area contributed by atoms with E-state index in [1.165, 1.54) is 0 Å². The Morgan fingerprint density at radius 1 is 1.24 bits per heavy atom. The van der Waals surface area contributed by atoms with E-state index in [0.717, 1.165) is 5.56 Å². The van der Waals surface area contributed by atoms with Crippen LogP contribution in [0.1, 0.15) is 5.56 Å². The number of ether oxygens (including phenoxy) is 2. The van der Waals surface area contributed by atoms with Crippen LogP contribution < -0.4 is 15.2 Å². The van der Waals surface area contributed by atoms with Crippen molar-refractivity contribution in [2.75, 3.05) is 12.8 Å². The van der Waals surface area contributed by atoms with Gasteiger partial charge in [-0.1, -0.05) is 12.1 Å². The molecule has 0 saturated heterocycles. The summed E-state index contributed by atoms with van der Waals surface area (Å²) in [5.74, 6) is 1.79. The highest BCUT2D eigenvalue weighted by atomic mass is 16.5. The first-order valence-corrected chi connectivity index (χ1v) is 5.23. The van der Waals surface area contributed by atoms with Gasteiger partial charge in [-0.2, -0.15) is 0 Å². The first-order valence-electron chi connectivity index (χ1n) is 5.23. The van der Waals surface area contributed by atoms with Crippen LogP contribution in [0.2, 0.25) is 0 Å². The molecule has 0 bridgehead atoms. The van der Waals surface area contributed by atoms with Gasteiger partial charge in [0.2, 0.25) is 5.88 Å². The summed E-state index contributed by atoms with van der Waals surface area (Å²) >= 11 is 0. The lowest BCUT2D eigenvalue weighted by molar-refractivity contribution is 0.392. The average molecular weight is 230 g/mol. The van der Waals surface area contributed by atoms with Gasteiger partial charge in [-0.05, 0) is 24.6 Å². The molecule has 4 nitrogen and oxygen atoms in total. The number of nitrogens with two attached hydrogens (primary N) is 1. The number of hydrogen-bond donors (Lipinski definition) is 1. The highest BCUT2D eigenvalue weighted by Gasteiger charge is 2.05. The van der Waals surface area contributed by atoms with Crippen molar-refractivity contribution >= 4 is 5.69 Å². The van der Waals surface area contributed by atoms with E-state index in [1.807, 2.05) is 25.1 Å². The smallest absolute Gasteiger partial charge is 0.216 e. The quantitative estimate of drug-likeness (QED) is 0.824. The van der Waals surface area contributed by atoms with Crippen molar-refractivity contribution in [3.05, 3.63) is 42.1 Å². The van der Waals surface area contributed by atoms with E-state index in [4.69, 9.17) is 15.2 Å². The van der Waals surface area contributed by atoms with E-state index < -0.39 is 0 Å². The molecule has 88 valence electrons. The molecule has 2 rings (SSSR count). The third-order valence-electron chi connectivity index (χ3n) is 2.43. The fourth-order valence-corrected chi connectivity index (χ4v) is 1.44. The Balaban J connectivity index is 2.28. The largest absolute Gasteiger partial charge is 0.481 e. The van der Waals surface area contributed by atoms with Gasteiger partial charge in [0.1, 0.15) is 5.75 Å². The van der Waals surface area contributed by atoms with Gasteiger partial charge in [0.25, 0.3) is 0 Å². The van der Waals surface area contributed by atoms with Crippen LogP contribution in [0, 0.1) is 6.92 Å². The average Bonchev–Trinajstić information content (AvgIpc) is 2.35. The van der Waals surface area contributed by atoms with Crippen LogP contribution in [0.25, 0.3) is 0 Å². The highest BCUT2D eigenvalue weighted by Crippen LogP contribution is 2.30. The van der Waals surface area contributed by atoms with Crippen LogP contribution in [0.5, 0.6) is 17.4 Å². The molecule has 0 unspecified atom stereocenters. The second kappa shape index (κ2) is 4.74. The molecule has 0 fully saturated rings. The number of para-hydroxylation sites is 1. The Morgan fingerprint density at radius 3 is 2.82 bits per heavy atom. The van der Waals surface area contributed by atoms with Crippen molar-refractivity contribution < 1.29 is 9.47 Å². The summed E-state index contributed by atoms with van der Waals surface area (Å²) in [5.41, 5.74) is 7.56. The molecule has 0 aliphatic heterocycles. The molecule has 2 aromatic rings. The van der Waals surface area contributed by atoms with Crippen molar-refractivity contribution in [3.63, 3.8) is 0 Å². The van der Waals surface area contributed by atoms with Gasteiger partial charge in [-0.3, -0.25) is 0 Å². The second-order valence-electron chi connectivity index (χ2n) is 3.62. The molecule has 4 heteroatoms. The molecule has 0 amide bonds. The molecule has 0 atom stereocenters. The maximum absolute atomic E-state index is 5.93. The normalized spacial score (nSPS) is 10.0. The summed E-state index contributed by atoms with van der Waals surface area (Å²) in [6.07, 6.45) is 1.63. The van der Waals surface area contributed by atoms with Crippen molar-refractivity contribution in [2.45, 2.75) is 6.92 Å². The second-order valence-corrected chi connectivity index (χ2v) is 3.62. The highest BCUT2D eigenvalue weighted by molar-refractivity contribution is 5.59. The minimum Gasteiger partial charge on any atom is -0.481 e. The van der Waals surface area contributed by atoms with Gasteiger partial charge >= 0.3 is 0 Å². The predicted molar refractivity (Wildman–Crippen MR) is 66.5 cm³/mol. The molecule has 0 radical (unpaired) electrons. The van der Waals surface area contributed by atoms with E-state index in [2.05, 4.69) is 4.98 Å². The first-order chi connectivity index (χ1) is 8.20. The lowest BCUT2D eigenvalue weighted by Gasteiger charge is -2.10. The zero-order valence-electron chi connectivity index (χ0n) is 9.81. The molecule has 1 heterocycles. The number of rotatable bonds is 3. The fourth-order valence-electron chi connectivity index (χ4n) is 1.44. The van der Waals surface area contributed by atoms with Crippen LogP contribution in [0.3, 0.4) is 0 Å². The lowest BCUT2D eigenvalue weighted by atomic mass is 10.2. The number of hydrogen-bond acceptors (Lipinski definition) is 4. The van der Waals surface area contributed by atoms with Crippen LogP contribution >= 0.6 is 0 Å². The summed E-state index contributed by atoms with van der Waals surface area (Å²) in [4.78, 5) is 4.01. The van der Waals surface area contributed by atoms with Crippen LogP contribution in [0.15, 0.2) is 36.5 Å². The SMILES string of the molecule is COc1cc(Oc2cccc(C)c2N)ccn1. The van der Waals surface area contributed by atoms with Gasteiger partial charge in [-0.15, -0.1) is 0 Å². The summed E-state index contributed by atoms with van der Waals surface area (Å²) in [7, 11) is 1.56. The Labute approximate surface area is 100 Å².